The fourth-order valence-corrected chi connectivity index (χ4v) is 7.15. The summed E-state index contributed by atoms with van der Waals surface area (Å²) < 4.78 is 0. The van der Waals surface area contributed by atoms with Gasteiger partial charge >= 0.3 is 0 Å². The van der Waals surface area contributed by atoms with Gasteiger partial charge in [-0.1, -0.05) is 36.8 Å². The predicted molar refractivity (Wildman–Crippen MR) is 135 cm³/mol. The number of aliphatic hydroxyl groups excluding tert-OH is 1. The van der Waals surface area contributed by atoms with Crippen LogP contribution < -0.4 is 0 Å². The number of rotatable bonds is 3. The van der Waals surface area contributed by atoms with E-state index in [1.54, 1.807) is 12.5 Å². The van der Waals surface area contributed by atoms with Gasteiger partial charge in [-0.15, -0.1) is 12.3 Å². The summed E-state index contributed by atoms with van der Waals surface area (Å²) in [7, 11) is 4.21. The highest BCUT2D eigenvalue weighted by Gasteiger charge is 2.56. The molecule has 0 bridgehead atoms. The van der Waals surface area contributed by atoms with Crippen LogP contribution in [0.2, 0.25) is 0 Å². The van der Waals surface area contributed by atoms with Crippen LogP contribution in [0.3, 0.4) is 0 Å². The van der Waals surface area contributed by atoms with E-state index in [-0.39, 0.29) is 11.5 Å². The van der Waals surface area contributed by atoms with Crippen LogP contribution in [0.25, 0.3) is 0 Å². The van der Waals surface area contributed by atoms with E-state index in [9.17, 15) is 9.90 Å². The molecule has 0 saturated heterocycles. The van der Waals surface area contributed by atoms with E-state index in [1.807, 2.05) is 6.08 Å². The summed E-state index contributed by atoms with van der Waals surface area (Å²) in [5.41, 5.74) is 7.17. The third-order valence-corrected chi connectivity index (χ3v) is 8.56. The molecule has 3 nitrogen and oxygen atoms in total. The molecule has 3 heteroatoms. The molecule has 5 rings (SSSR count). The maximum absolute atomic E-state index is 12.1. The first-order valence-corrected chi connectivity index (χ1v) is 12.5. The number of nitrogens with zero attached hydrogens (tertiary/aromatic N) is 1. The van der Waals surface area contributed by atoms with Gasteiger partial charge in [0.2, 0.25) is 0 Å². The van der Waals surface area contributed by atoms with E-state index >= 15 is 0 Å². The molecule has 33 heavy (non-hydrogen) atoms. The molecular formula is C30H39NO2. The van der Waals surface area contributed by atoms with Gasteiger partial charge in [0.25, 0.3) is 0 Å². The van der Waals surface area contributed by atoms with Gasteiger partial charge in [-0.3, -0.25) is 4.79 Å². The highest BCUT2D eigenvalue weighted by Crippen LogP contribution is 2.63. The van der Waals surface area contributed by atoms with Crippen molar-refractivity contribution >= 4 is 5.78 Å². The molecule has 1 aromatic rings. The summed E-state index contributed by atoms with van der Waals surface area (Å²) in [6.45, 7) is 4.95. The standard InChI is InChI=1S/C27H35NO2.C3H4/c1-27-15-23(18-6-4-17(5-7-18)16-28(2)3)26-21-11-9-20(29)14-19(21)8-10-22(26)24(27)12-13-25(27)30;1-3-2/h4-7,14,22-25,30H,8-13,15-16H2,1-3H3;1H,2H3. The lowest BCUT2D eigenvalue weighted by Gasteiger charge is -2.52. The minimum Gasteiger partial charge on any atom is -0.393 e. The molecule has 0 amide bonds. The molecule has 176 valence electrons. The van der Waals surface area contributed by atoms with Crippen LogP contribution in [-0.2, 0) is 11.3 Å². The molecule has 0 aromatic heterocycles. The topological polar surface area (TPSA) is 40.5 Å². The number of carbonyl (C=O) groups excluding carboxylic acids is 1. The van der Waals surface area contributed by atoms with Crippen molar-refractivity contribution in [3.8, 4) is 12.3 Å². The number of terminal acetylenes is 1. The van der Waals surface area contributed by atoms with E-state index in [1.165, 1.54) is 22.3 Å². The number of benzene rings is 1. The average Bonchev–Trinajstić information content (AvgIpc) is 3.08. The molecular weight excluding hydrogens is 406 g/mol. The molecule has 5 atom stereocenters. The number of hydrogen-bond acceptors (Lipinski definition) is 3. The van der Waals surface area contributed by atoms with E-state index in [2.05, 4.69) is 62.5 Å². The number of aliphatic hydroxyl groups is 1. The van der Waals surface area contributed by atoms with Gasteiger partial charge in [0.05, 0.1) is 6.10 Å². The monoisotopic (exact) mass is 445 g/mol. The first-order valence-electron chi connectivity index (χ1n) is 12.5. The van der Waals surface area contributed by atoms with Crippen LogP contribution in [0.5, 0.6) is 0 Å². The zero-order chi connectivity index (χ0) is 23.8. The lowest BCUT2D eigenvalue weighted by atomic mass is 9.53. The summed E-state index contributed by atoms with van der Waals surface area (Å²) in [5.74, 6) is 4.06. The largest absolute Gasteiger partial charge is 0.393 e. The Labute approximate surface area is 200 Å². The molecule has 1 N–H and O–H groups in total. The van der Waals surface area contributed by atoms with Crippen molar-refractivity contribution < 1.29 is 9.90 Å². The van der Waals surface area contributed by atoms with Crippen molar-refractivity contribution in [2.24, 2.45) is 17.3 Å². The van der Waals surface area contributed by atoms with Crippen molar-refractivity contribution in [2.45, 2.75) is 77.4 Å². The third-order valence-electron chi connectivity index (χ3n) is 8.56. The number of allylic oxidation sites excluding steroid dienone is 4. The van der Waals surface area contributed by atoms with E-state index in [4.69, 9.17) is 0 Å². The maximum Gasteiger partial charge on any atom is 0.156 e. The molecule has 5 unspecified atom stereocenters. The molecule has 2 fully saturated rings. The molecule has 0 aliphatic heterocycles. The fourth-order valence-electron chi connectivity index (χ4n) is 7.15. The predicted octanol–water partition coefficient (Wildman–Crippen LogP) is 5.65. The van der Waals surface area contributed by atoms with Crippen molar-refractivity contribution in [1.82, 2.24) is 4.90 Å². The van der Waals surface area contributed by atoms with Gasteiger partial charge in [-0.2, -0.15) is 0 Å². The maximum atomic E-state index is 12.1. The molecule has 0 spiro atoms. The zero-order valence-corrected chi connectivity index (χ0v) is 20.7. The smallest absolute Gasteiger partial charge is 0.156 e. The Morgan fingerprint density at radius 3 is 2.48 bits per heavy atom. The SMILES string of the molecule is C#CC.CN(C)Cc1ccc(C2CC3(C)C(O)CCC3C3CCC4=CC(=O)CCC4=C23)cc1. The van der Waals surface area contributed by atoms with E-state index in [0.29, 0.717) is 30.0 Å². The van der Waals surface area contributed by atoms with Gasteiger partial charge in [0.1, 0.15) is 0 Å². The summed E-state index contributed by atoms with van der Waals surface area (Å²) in [5, 5.41) is 11.0. The van der Waals surface area contributed by atoms with Crippen LogP contribution in [0.4, 0.5) is 0 Å². The Balaban J connectivity index is 0.000000821. The Bertz CT molecular complexity index is 993. The quantitative estimate of drug-likeness (QED) is 0.612. The van der Waals surface area contributed by atoms with Crippen molar-refractivity contribution in [3.63, 3.8) is 0 Å². The minimum atomic E-state index is -0.186. The van der Waals surface area contributed by atoms with Crippen LogP contribution in [0, 0.1) is 29.6 Å². The average molecular weight is 446 g/mol. The van der Waals surface area contributed by atoms with Crippen LogP contribution >= 0.6 is 0 Å². The lowest BCUT2D eigenvalue weighted by Crippen LogP contribution is -2.45. The Kier molecular flexibility index (Phi) is 6.99. The number of hydrogen-bond donors (Lipinski definition) is 1. The highest BCUT2D eigenvalue weighted by atomic mass is 16.3. The van der Waals surface area contributed by atoms with Crippen LogP contribution in [0.1, 0.15) is 75.8 Å². The Morgan fingerprint density at radius 1 is 1.12 bits per heavy atom. The Hall–Kier alpha value is -2.15. The van der Waals surface area contributed by atoms with Gasteiger partial charge in [-0.05, 0) is 105 Å². The van der Waals surface area contributed by atoms with Gasteiger partial charge in [0, 0.05) is 18.9 Å². The number of ketones is 1. The summed E-state index contributed by atoms with van der Waals surface area (Å²) in [6, 6.07) is 9.20. The van der Waals surface area contributed by atoms with Gasteiger partial charge in [0.15, 0.2) is 5.78 Å². The van der Waals surface area contributed by atoms with Crippen molar-refractivity contribution in [1.29, 1.82) is 0 Å². The van der Waals surface area contributed by atoms with Gasteiger partial charge < -0.3 is 10.0 Å². The van der Waals surface area contributed by atoms with Crippen molar-refractivity contribution in [3.05, 3.63) is 58.2 Å². The van der Waals surface area contributed by atoms with E-state index in [0.717, 1.165) is 45.1 Å². The number of carbonyl (C=O) groups is 1. The zero-order valence-electron chi connectivity index (χ0n) is 20.7. The van der Waals surface area contributed by atoms with Crippen LogP contribution in [-0.4, -0.2) is 36.0 Å². The second-order valence-corrected chi connectivity index (χ2v) is 10.9. The normalized spacial score (nSPS) is 32.8. The second-order valence-electron chi connectivity index (χ2n) is 10.9. The number of fused-ring (bicyclic) bond motifs is 4. The first-order chi connectivity index (χ1) is 15.8. The van der Waals surface area contributed by atoms with Crippen LogP contribution in [0.15, 0.2) is 47.1 Å². The molecule has 0 heterocycles. The third kappa shape index (κ3) is 4.48. The second kappa shape index (κ2) is 9.61. The molecule has 2 saturated carbocycles. The minimum absolute atomic E-state index is 0.00735. The molecule has 0 radical (unpaired) electrons. The summed E-state index contributed by atoms with van der Waals surface area (Å²) in [4.78, 5) is 14.3. The molecule has 4 aliphatic carbocycles. The lowest BCUT2D eigenvalue weighted by molar-refractivity contribution is -0.114. The first kappa shape index (κ1) is 24.0. The molecule has 4 aliphatic rings. The Morgan fingerprint density at radius 2 is 1.82 bits per heavy atom. The van der Waals surface area contributed by atoms with Gasteiger partial charge in [-0.25, -0.2) is 0 Å². The summed E-state index contributed by atoms with van der Waals surface area (Å²) in [6.07, 6.45) is 13.2. The molecule has 1 aromatic carbocycles. The highest BCUT2D eigenvalue weighted by molar-refractivity contribution is 5.93. The summed E-state index contributed by atoms with van der Waals surface area (Å²) >= 11 is 0. The van der Waals surface area contributed by atoms with Crippen molar-refractivity contribution in [2.75, 3.05) is 14.1 Å². The van der Waals surface area contributed by atoms with E-state index < -0.39 is 0 Å². The fraction of sp³-hybridized carbons (Fsp3) is 0.567.